The first-order valence-electron chi connectivity index (χ1n) is 9.24. The quantitative estimate of drug-likeness (QED) is 0.707. The van der Waals surface area contributed by atoms with E-state index in [1.807, 2.05) is 24.0 Å². The Morgan fingerprint density at radius 1 is 1.28 bits per heavy atom. The van der Waals surface area contributed by atoms with Crippen molar-refractivity contribution in [2.75, 3.05) is 18.8 Å². The molecule has 1 saturated heterocycles. The molecular weight excluding hydrogens is 334 g/mol. The fraction of sp³-hybridized carbons (Fsp3) is 0.600. The maximum Gasteiger partial charge on any atom is 0.335 e. The molecule has 25 heavy (non-hydrogen) atoms. The van der Waals surface area contributed by atoms with Gasteiger partial charge in [0.25, 0.3) is 0 Å². The number of hydrogen-bond donors (Lipinski definition) is 1. The molecule has 1 fully saturated rings. The number of benzene rings is 1. The van der Waals surface area contributed by atoms with Gasteiger partial charge in [0.2, 0.25) is 5.91 Å². The number of aromatic carboxylic acids is 1. The molecule has 1 aromatic rings. The summed E-state index contributed by atoms with van der Waals surface area (Å²) in [7, 11) is 0. The lowest BCUT2D eigenvalue weighted by Gasteiger charge is -2.33. The van der Waals surface area contributed by atoms with Crippen molar-refractivity contribution in [3.8, 4) is 0 Å². The number of carboxylic acids is 1. The van der Waals surface area contributed by atoms with Gasteiger partial charge in [0.05, 0.1) is 10.8 Å². The van der Waals surface area contributed by atoms with Crippen LogP contribution in [0.25, 0.3) is 0 Å². The van der Waals surface area contributed by atoms with Crippen LogP contribution in [-0.4, -0.2) is 46.0 Å². The van der Waals surface area contributed by atoms with Crippen LogP contribution in [0.2, 0.25) is 0 Å². The maximum atomic E-state index is 12.5. The normalized spacial score (nSPS) is 16.6. The minimum absolute atomic E-state index is 0.0378. The van der Waals surface area contributed by atoms with E-state index in [9.17, 15) is 14.7 Å². The lowest BCUT2D eigenvalue weighted by molar-refractivity contribution is -0.131. The van der Waals surface area contributed by atoms with Gasteiger partial charge in [-0.2, -0.15) is 0 Å². The van der Waals surface area contributed by atoms with Gasteiger partial charge in [-0.25, -0.2) is 4.79 Å². The third kappa shape index (κ3) is 5.77. The van der Waals surface area contributed by atoms with Gasteiger partial charge in [0.15, 0.2) is 0 Å². The molecule has 1 N–H and O–H groups in total. The molecular formula is C20H29NO3S. The number of piperidine rings is 1. The first-order chi connectivity index (χ1) is 12.0. The zero-order valence-corrected chi connectivity index (χ0v) is 16.1. The van der Waals surface area contributed by atoms with Gasteiger partial charge in [0.1, 0.15) is 0 Å². The van der Waals surface area contributed by atoms with E-state index in [2.05, 4.69) is 6.92 Å². The van der Waals surface area contributed by atoms with E-state index >= 15 is 0 Å². The van der Waals surface area contributed by atoms with Crippen molar-refractivity contribution in [2.24, 2.45) is 5.92 Å². The van der Waals surface area contributed by atoms with Crippen LogP contribution in [-0.2, 0) is 11.2 Å². The summed E-state index contributed by atoms with van der Waals surface area (Å²) in [6.07, 6.45) is 5.01. The number of hydrogen-bond acceptors (Lipinski definition) is 3. The summed E-state index contributed by atoms with van der Waals surface area (Å²) in [5.41, 5.74) is 1.31. The first kappa shape index (κ1) is 19.8. The summed E-state index contributed by atoms with van der Waals surface area (Å²) in [4.78, 5) is 25.8. The van der Waals surface area contributed by atoms with Crippen molar-refractivity contribution in [2.45, 2.75) is 51.2 Å². The predicted molar refractivity (Wildman–Crippen MR) is 103 cm³/mol. The molecule has 138 valence electrons. The van der Waals surface area contributed by atoms with E-state index in [0.717, 1.165) is 56.5 Å². The second kappa shape index (κ2) is 9.85. The zero-order valence-electron chi connectivity index (χ0n) is 15.2. The molecule has 1 amide bonds. The molecule has 4 nitrogen and oxygen atoms in total. The molecule has 1 atom stereocenters. The van der Waals surface area contributed by atoms with Crippen LogP contribution in [0.3, 0.4) is 0 Å². The molecule has 1 aliphatic rings. The number of carbonyl (C=O) groups excluding carboxylic acids is 1. The maximum absolute atomic E-state index is 12.5. The zero-order chi connectivity index (χ0) is 18.2. The number of unbranched alkanes of at least 4 members (excludes halogenated alkanes) is 1. The SMILES string of the molecule is CCCCSC(C)C(=O)N1CCC(Cc2ccccc2C(=O)O)CC1. The molecule has 1 heterocycles. The molecule has 2 rings (SSSR count). The Bertz CT molecular complexity index is 582. The van der Waals surface area contributed by atoms with Crippen molar-refractivity contribution in [3.63, 3.8) is 0 Å². The number of nitrogens with zero attached hydrogens (tertiary/aromatic N) is 1. The topological polar surface area (TPSA) is 57.6 Å². The van der Waals surface area contributed by atoms with E-state index < -0.39 is 5.97 Å². The average molecular weight is 364 g/mol. The molecule has 1 unspecified atom stereocenters. The smallest absolute Gasteiger partial charge is 0.335 e. The number of rotatable bonds is 8. The van der Waals surface area contributed by atoms with Crippen LogP contribution in [0.5, 0.6) is 0 Å². The molecule has 0 bridgehead atoms. The number of likely N-dealkylation sites (tertiary alicyclic amines) is 1. The van der Waals surface area contributed by atoms with Crippen LogP contribution < -0.4 is 0 Å². The molecule has 5 heteroatoms. The Balaban J connectivity index is 1.83. The van der Waals surface area contributed by atoms with E-state index in [1.165, 1.54) is 0 Å². The Hall–Kier alpha value is -1.49. The highest BCUT2D eigenvalue weighted by Crippen LogP contribution is 2.25. The van der Waals surface area contributed by atoms with Gasteiger partial charge < -0.3 is 10.0 Å². The van der Waals surface area contributed by atoms with Crippen LogP contribution in [0.15, 0.2) is 24.3 Å². The van der Waals surface area contributed by atoms with Gasteiger partial charge in [-0.1, -0.05) is 31.5 Å². The van der Waals surface area contributed by atoms with Gasteiger partial charge in [-0.3, -0.25) is 4.79 Å². The molecule has 1 aromatic carbocycles. The number of carbonyl (C=O) groups is 2. The van der Waals surface area contributed by atoms with Crippen LogP contribution in [0.4, 0.5) is 0 Å². The van der Waals surface area contributed by atoms with Crippen molar-refractivity contribution in [3.05, 3.63) is 35.4 Å². The highest BCUT2D eigenvalue weighted by Gasteiger charge is 2.26. The lowest BCUT2D eigenvalue weighted by atomic mass is 9.88. The van der Waals surface area contributed by atoms with Crippen molar-refractivity contribution in [1.29, 1.82) is 0 Å². The minimum atomic E-state index is -0.860. The molecule has 0 aliphatic carbocycles. The second-order valence-corrected chi connectivity index (χ2v) is 8.25. The third-order valence-corrected chi connectivity index (χ3v) is 6.12. The van der Waals surface area contributed by atoms with Crippen molar-refractivity contribution in [1.82, 2.24) is 4.90 Å². The molecule has 0 spiro atoms. The second-order valence-electron chi connectivity index (χ2n) is 6.80. The summed E-state index contributed by atoms with van der Waals surface area (Å²) in [6.45, 7) is 5.76. The summed E-state index contributed by atoms with van der Waals surface area (Å²) in [5.74, 6) is 0.894. The fourth-order valence-electron chi connectivity index (χ4n) is 3.31. The monoisotopic (exact) mass is 363 g/mol. The summed E-state index contributed by atoms with van der Waals surface area (Å²) >= 11 is 1.75. The standard InChI is InChI=1S/C20H29NO3S/c1-3-4-13-25-15(2)19(22)21-11-9-16(10-12-21)14-17-7-5-6-8-18(17)20(23)24/h5-8,15-16H,3-4,9-14H2,1-2H3,(H,23,24). The third-order valence-electron chi connectivity index (χ3n) is 4.90. The van der Waals surface area contributed by atoms with E-state index in [1.54, 1.807) is 23.9 Å². The van der Waals surface area contributed by atoms with E-state index in [-0.39, 0.29) is 11.2 Å². The molecule has 0 radical (unpaired) electrons. The highest BCUT2D eigenvalue weighted by molar-refractivity contribution is 8.00. The van der Waals surface area contributed by atoms with Crippen LogP contribution >= 0.6 is 11.8 Å². The number of amides is 1. The fourth-order valence-corrected chi connectivity index (χ4v) is 4.41. The van der Waals surface area contributed by atoms with Crippen molar-refractivity contribution >= 4 is 23.6 Å². The molecule has 1 aliphatic heterocycles. The van der Waals surface area contributed by atoms with Crippen LogP contribution in [0, 0.1) is 5.92 Å². The number of carboxylic acid groups (broad SMARTS) is 1. The van der Waals surface area contributed by atoms with E-state index in [4.69, 9.17) is 0 Å². The minimum Gasteiger partial charge on any atom is -0.478 e. The number of thioether (sulfide) groups is 1. The van der Waals surface area contributed by atoms with E-state index in [0.29, 0.717) is 11.5 Å². The Morgan fingerprint density at radius 3 is 2.60 bits per heavy atom. The van der Waals surface area contributed by atoms with Gasteiger partial charge in [-0.15, -0.1) is 11.8 Å². The molecule has 0 aromatic heterocycles. The Labute approximate surface area is 155 Å². The predicted octanol–water partition coefficient (Wildman–Crippen LogP) is 4.09. The summed E-state index contributed by atoms with van der Waals surface area (Å²) < 4.78 is 0. The molecule has 0 saturated carbocycles. The Kier molecular flexibility index (Phi) is 7.82. The lowest BCUT2D eigenvalue weighted by Crippen LogP contribution is -2.42. The van der Waals surface area contributed by atoms with Gasteiger partial charge >= 0.3 is 5.97 Å². The van der Waals surface area contributed by atoms with Crippen LogP contribution in [0.1, 0.15) is 55.5 Å². The Morgan fingerprint density at radius 2 is 1.96 bits per heavy atom. The largest absolute Gasteiger partial charge is 0.478 e. The first-order valence-corrected chi connectivity index (χ1v) is 10.3. The highest BCUT2D eigenvalue weighted by atomic mass is 32.2. The summed E-state index contributed by atoms with van der Waals surface area (Å²) in [6, 6.07) is 7.25. The summed E-state index contributed by atoms with van der Waals surface area (Å²) in [5, 5.41) is 9.34. The van der Waals surface area contributed by atoms with Gasteiger partial charge in [-0.05, 0) is 55.9 Å². The van der Waals surface area contributed by atoms with Crippen molar-refractivity contribution < 1.29 is 14.7 Å². The average Bonchev–Trinajstić information content (AvgIpc) is 2.62. The van der Waals surface area contributed by atoms with Gasteiger partial charge in [0, 0.05) is 13.1 Å².